The van der Waals surface area contributed by atoms with Gasteiger partial charge in [0, 0.05) is 19.8 Å². The molecule has 2 heterocycles. The molecule has 0 bridgehead atoms. The average molecular weight is 233 g/mol. The molecule has 1 amide bonds. The number of pyridine rings is 1. The molecule has 0 atom stereocenters. The second-order valence-electron chi connectivity index (χ2n) is 3.75. The number of carbonyl (C=O) groups excluding carboxylic acids is 1. The van der Waals surface area contributed by atoms with Gasteiger partial charge >= 0.3 is 0 Å². The van der Waals surface area contributed by atoms with Crippen LogP contribution in [0.1, 0.15) is 6.92 Å². The summed E-state index contributed by atoms with van der Waals surface area (Å²) in [6, 6.07) is 3.62. The van der Waals surface area contributed by atoms with Crippen LogP contribution in [0.4, 0.5) is 5.82 Å². The van der Waals surface area contributed by atoms with Crippen LogP contribution in [0.2, 0.25) is 0 Å². The summed E-state index contributed by atoms with van der Waals surface area (Å²) in [4.78, 5) is 17.5. The van der Waals surface area contributed by atoms with E-state index in [0.717, 1.165) is 11.0 Å². The molecule has 1 N–H and O–H groups in total. The van der Waals surface area contributed by atoms with Crippen LogP contribution in [-0.4, -0.2) is 35.9 Å². The molecule has 0 aliphatic heterocycles. The Morgan fingerprint density at radius 1 is 1.53 bits per heavy atom. The van der Waals surface area contributed by atoms with Gasteiger partial charge in [0.2, 0.25) is 5.91 Å². The quantitative estimate of drug-likeness (QED) is 0.873. The van der Waals surface area contributed by atoms with Gasteiger partial charge in [0.15, 0.2) is 0 Å². The lowest BCUT2D eigenvalue weighted by molar-refractivity contribution is -0.127. The second kappa shape index (κ2) is 4.86. The van der Waals surface area contributed by atoms with Gasteiger partial charge in [-0.25, -0.2) is 4.98 Å². The molecule has 2 aromatic rings. The third-order valence-electron chi connectivity index (χ3n) is 2.69. The summed E-state index contributed by atoms with van der Waals surface area (Å²) in [5, 5.41) is 3.91. The number of likely N-dealkylation sites (N-methyl/N-ethyl adjacent to an activating group) is 1. The highest BCUT2D eigenvalue weighted by Gasteiger charge is 2.08. The summed E-state index contributed by atoms with van der Waals surface area (Å²) in [5.74, 6) is 0.712. The van der Waals surface area contributed by atoms with Crippen molar-refractivity contribution in [2.45, 2.75) is 6.92 Å². The second-order valence-corrected chi connectivity index (χ2v) is 3.75. The zero-order chi connectivity index (χ0) is 12.3. The highest BCUT2D eigenvalue weighted by Crippen LogP contribution is 2.21. The summed E-state index contributed by atoms with van der Waals surface area (Å²) < 4.78 is 5.26. The molecule has 5 heteroatoms. The van der Waals surface area contributed by atoms with Crippen molar-refractivity contribution in [3.8, 4) is 0 Å². The Morgan fingerprint density at radius 3 is 3.12 bits per heavy atom. The molecule has 0 spiro atoms. The lowest BCUT2D eigenvalue weighted by atomic mass is 10.3. The maximum Gasteiger partial charge on any atom is 0.241 e. The van der Waals surface area contributed by atoms with E-state index in [2.05, 4.69) is 10.3 Å². The zero-order valence-electron chi connectivity index (χ0n) is 9.93. The predicted octanol–water partition coefficient (Wildman–Crippen LogP) is 1.72. The molecular formula is C12H15N3O2. The van der Waals surface area contributed by atoms with Gasteiger partial charge in [0.1, 0.15) is 11.4 Å². The number of nitrogens with zero attached hydrogens (tertiary/aromatic N) is 2. The first-order valence-corrected chi connectivity index (χ1v) is 5.52. The Hall–Kier alpha value is -2.04. The van der Waals surface area contributed by atoms with E-state index in [9.17, 15) is 4.79 Å². The van der Waals surface area contributed by atoms with Crippen molar-refractivity contribution in [1.29, 1.82) is 0 Å². The zero-order valence-corrected chi connectivity index (χ0v) is 9.93. The van der Waals surface area contributed by atoms with Gasteiger partial charge in [0.25, 0.3) is 0 Å². The Labute approximate surface area is 99.4 Å². The van der Waals surface area contributed by atoms with Crippen molar-refractivity contribution >= 4 is 22.7 Å². The molecular weight excluding hydrogens is 218 g/mol. The van der Waals surface area contributed by atoms with Crippen LogP contribution in [0.5, 0.6) is 0 Å². The number of carbonyl (C=O) groups is 1. The Balaban J connectivity index is 2.09. The Morgan fingerprint density at radius 2 is 2.35 bits per heavy atom. The summed E-state index contributed by atoms with van der Waals surface area (Å²) >= 11 is 0. The fourth-order valence-corrected chi connectivity index (χ4v) is 1.51. The van der Waals surface area contributed by atoms with Crippen LogP contribution in [0.15, 0.2) is 29.0 Å². The van der Waals surface area contributed by atoms with Crippen LogP contribution >= 0.6 is 0 Å². The molecule has 0 radical (unpaired) electrons. The van der Waals surface area contributed by atoms with Crippen molar-refractivity contribution in [3.63, 3.8) is 0 Å². The summed E-state index contributed by atoms with van der Waals surface area (Å²) in [5.41, 5.74) is 0.763. The van der Waals surface area contributed by atoms with E-state index in [4.69, 9.17) is 4.42 Å². The van der Waals surface area contributed by atoms with Crippen LogP contribution in [-0.2, 0) is 4.79 Å². The fourth-order valence-electron chi connectivity index (χ4n) is 1.51. The molecule has 0 saturated heterocycles. The van der Waals surface area contributed by atoms with Crippen molar-refractivity contribution in [3.05, 3.63) is 24.6 Å². The van der Waals surface area contributed by atoms with Gasteiger partial charge in [-0.05, 0) is 19.1 Å². The number of fused-ring (bicyclic) bond motifs is 1. The molecule has 2 rings (SSSR count). The topological polar surface area (TPSA) is 58.4 Å². The number of aromatic nitrogens is 1. The monoisotopic (exact) mass is 233 g/mol. The van der Waals surface area contributed by atoms with Gasteiger partial charge < -0.3 is 14.6 Å². The minimum absolute atomic E-state index is 0.0368. The summed E-state index contributed by atoms with van der Waals surface area (Å²) in [7, 11) is 1.77. The third kappa shape index (κ3) is 2.38. The lowest BCUT2D eigenvalue weighted by Gasteiger charge is -2.15. The summed E-state index contributed by atoms with van der Waals surface area (Å²) in [6.07, 6.45) is 3.26. The van der Waals surface area contributed by atoms with E-state index < -0.39 is 0 Å². The van der Waals surface area contributed by atoms with Crippen LogP contribution in [0.3, 0.4) is 0 Å². The van der Waals surface area contributed by atoms with Crippen LogP contribution in [0, 0.1) is 0 Å². The molecule has 0 unspecified atom stereocenters. The Kier molecular flexibility index (Phi) is 3.27. The highest BCUT2D eigenvalue weighted by molar-refractivity contribution is 5.90. The maximum absolute atomic E-state index is 11.6. The van der Waals surface area contributed by atoms with E-state index in [0.29, 0.717) is 12.4 Å². The summed E-state index contributed by atoms with van der Waals surface area (Å²) in [6.45, 7) is 2.87. The molecule has 5 nitrogen and oxygen atoms in total. The standard InChI is InChI=1S/C12H15N3O2/c1-3-15(2)11(16)8-14-12-9-5-7-17-10(9)4-6-13-12/h4-7H,3,8H2,1-2H3,(H,13,14). The number of hydrogen-bond acceptors (Lipinski definition) is 4. The molecule has 90 valence electrons. The van der Waals surface area contributed by atoms with Crippen molar-refractivity contribution in [2.24, 2.45) is 0 Å². The Bertz CT molecular complexity index is 521. The fraction of sp³-hybridized carbons (Fsp3) is 0.333. The van der Waals surface area contributed by atoms with Gasteiger partial charge in [-0.1, -0.05) is 0 Å². The number of nitrogens with one attached hydrogen (secondary N) is 1. The molecule has 0 aliphatic carbocycles. The van der Waals surface area contributed by atoms with Gasteiger partial charge in [-0.2, -0.15) is 0 Å². The van der Waals surface area contributed by atoms with Crippen molar-refractivity contribution < 1.29 is 9.21 Å². The van der Waals surface area contributed by atoms with Gasteiger partial charge in [-0.3, -0.25) is 4.79 Å². The molecule has 0 fully saturated rings. The van der Waals surface area contributed by atoms with E-state index >= 15 is 0 Å². The maximum atomic E-state index is 11.6. The van der Waals surface area contributed by atoms with Crippen LogP contribution in [0.25, 0.3) is 11.0 Å². The van der Waals surface area contributed by atoms with E-state index in [1.54, 1.807) is 30.5 Å². The van der Waals surface area contributed by atoms with E-state index in [-0.39, 0.29) is 12.5 Å². The third-order valence-corrected chi connectivity index (χ3v) is 2.69. The predicted molar refractivity (Wildman–Crippen MR) is 65.8 cm³/mol. The minimum atomic E-state index is 0.0368. The van der Waals surface area contributed by atoms with E-state index in [1.165, 1.54) is 0 Å². The van der Waals surface area contributed by atoms with Crippen molar-refractivity contribution in [1.82, 2.24) is 9.88 Å². The smallest absolute Gasteiger partial charge is 0.241 e. The molecule has 0 aliphatic rings. The first-order valence-electron chi connectivity index (χ1n) is 5.52. The molecule has 0 saturated carbocycles. The number of amides is 1. The number of anilines is 1. The largest absolute Gasteiger partial charge is 0.464 e. The number of rotatable bonds is 4. The lowest BCUT2D eigenvalue weighted by Crippen LogP contribution is -2.32. The first kappa shape index (κ1) is 11.4. The molecule has 17 heavy (non-hydrogen) atoms. The first-order chi connectivity index (χ1) is 8.22. The van der Waals surface area contributed by atoms with Gasteiger partial charge in [0.05, 0.1) is 18.2 Å². The number of hydrogen-bond donors (Lipinski definition) is 1. The minimum Gasteiger partial charge on any atom is -0.464 e. The average Bonchev–Trinajstić information content (AvgIpc) is 2.83. The van der Waals surface area contributed by atoms with Gasteiger partial charge in [-0.15, -0.1) is 0 Å². The normalized spacial score (nSPS) is 10.5. The molecule has 2 aromatic heterocycles. The number of furan rings is 1. The van der Waals surface area contributed by atoms with Crippen molar-refractivity contribution in [2.75, 3.05) is 25.5 Å². The molecule has 0 aromatic carbocycles. The van der Waals surface area contributed by atoms with Crippen LogP contribution < -0.4 is 5.32 Å². The van der Waals surface area contributed by atoms with E-state index in [1.807, 2.05) is 13.0 Å². The highest BCUT2D eigenvalue weighted by atomic mass is 16.3. The SMILES string of the molecule is CCN(C)C(=O)CNc1nccc2occc12.